The quantitative estimate of drug-likeness (QED) is 0.730. The summed E-state index contributed by atoms with van der Waals surface area (Å²) in [6.45, 7) is 3.51. The summed E-state index contributed by atoms with van der Waals surface area (Å²) in [6, 6.07) is 10.1. The monoisotopic (exact) mass is 399 g/mol. The van der Waals surface area contributed by atoms with Gasteiger partial charge in [0.15, 0.2) is 0 Å². The summed E-state index contributed by atoms with van der Waals surface area (Å²) in [4.78, 5) is 14.6. The Hall–Kier alpha value is -1.97. The number of aryl methyl sites for hydroxylation is 2. The van der Waals surface area contributed by atoms with E-state index in [0.29, 0.717) is 16.9 Å². The molecule has 9 heteroatoms. The molecule has 1 heterocycles. The number of nitrogens with zero attached hydrogens (tertiary/aromatic N) is 1. The second-order valence-electron chi connectivity index (χ2n) is 5.82. The fraction of sp³-hybridized carbons (Fsp3) is 0.235. The van der Waals surface area contributed by atoms with E-state index in [-0.39, 0.29) is 11.4 Å². The van der Waals surface area contributed by atoms with E-state index in [1.807, 2.05) is 0 Å². The van der Waals surface area contributed by atoms with Gasteiger partial charge in [0, 0.05) is 9.79 Å². The van der Waals surface area contributed by atoms with Gasteiger partial charge in [0.25, 0.3) is 0 Å². The number of anilines is 2. The molecule has 0 fully saturated rings. The minimum Gasteiger partial charge on any atom is -0.272 e. The third-order valence-corrected chi connectivity index (χ3v) is 6.29. The van der Waals surface area contributed by atoms with Crippen LogP contribution in [0.1, 0.15) is 11.1 Å². The average molecular weight is 399 g/mol. The zero-order chi connectivity index (χ0) is 19.3. The number of alkyl halides is 2. The Morgan fingerprint density at radius 1 is 1.04 bits per heavy atom. The zero-order valence-corrected chi connectivity index (χ0v) is 15.7. The molecule has 0 aromatic heterocycles. The number of hydrogen-bond acceptors (Lipinski definition) is 5. The summed E-state index contributed by atoms with van der Waals surface area (Å²) in [6.07, 6.45) is 0. The molecule has 2 aromatic rings. The lowest BCUT2D eigenvalue weighted by atomic mass is 10.1. The molecule has 0 aliphatic carbocycles. The van der Waals surface area contributed by atoms with E-state index in [0.717, 1.165) is 16.0 Å². The van der Waals surface area contributed by atoms with Crippen LogP contribution in [-0.2, 0) is 19.1 Å². The van der Waals surface area contributed by atoms with Crippen molar-refractivity contribution in [1.29, 1.82) is 0 Å². The highest BCUT2D eigenvalue weighted by molar-refractivity contribution is 7.99. The molecule has 0 unspecified atom stereocenters. The van der Waals surface area contributed by atoms with Gasteiger partial charge in [-0.1, -0.05) is 23.9 Å². The summed E-state index contributed by atoms with van der Waals surface area (Å²) in [5.74, 6) is -1.88. The van der Waals surface area contributed by atoms with Crippen LogP contribution in [0.25, 0.3) is 0 Å². The molecule has 0 spiro atoms. The minimum absolute atomic E-state index is 0.212. The fourth-order valence-corrected chi connectivity index (χ4v) is 4.12. The minimum atomic E-state index is -5.40. The highest BCUT2D eigenvalue weighted by Gasteiger charge is 2.57. The lowest BCUT2D eigenvalue weighted by Crippen LogP contribution is -2.47. The Balaban J connectivity index is 2.25. The Labute approximate surface area is 154 Å². The smallest absolute Gasteiger partial charge is 0.272 e. The van der Waals surface area contributed by atoms with E-state index in [9.17, 15) is 22.0 Å². The molecule has 0 saturated heterocycles. The van der Waals surface area contributed by atoms with Crippen molar-refractivity contribution in [3.63, 3.8) is 0 Å². The van der Waals surface area contributed by atoms with Gasteiger partial charge < -0.3 is 0 Å². The van der Waals surface area contributed by atoms with E-state index >= 15 is 0 Å². The first-order valence-electron chi connectivity index (χ1n) is 7.50. The summed E-state index contributed by atoms with van der Waals surface area (Å²) in [7, 11) is -4.81. The van der Waals surface area contributed by atoms with Gasteiger partial charge in [-0.3, -0.25) is 13.9 Å². The third kappa shape index (κ3) is 2.89. The number of rotatable bonds is 3. The van der Waals surface area contributed by atoms with Gasteiger partial charge in [0.1, 0.15) is 0 Å². The van der Waals surface area contributed by atoms with Crippen molar-refractivity contribution in [3.05, 3.63) is 47.5 Å². The summed E-state index contributed by atoms with van der Waals surface area (Å²) in [5, 5.41) is -4.73. The molecular weight excluding hydrogens is 384 g/mol. The van der Waals surface area contributed by atoms with Crippen LogP contribution < -0.4 is 4.90 Å². The summed E-state index contributed by atoms with van der Waals surface area (Å²) >= 11 is 1.33. The largest absolute Gasteiger partial charge is 0.447 e. The van der Waals surface area contributed by atoms with E-state index in [4.69, 9.17) is 0 Å². The maximum atomic E-state index is 14.5. The van der Waals surface area contributed by atoms with Crippen LogP contribution in [-0.4, -0.2) is 26.7 Å². The molecule has 1 aliphatic heterocycles. The number of fused-ring (bicyclic) bond motifs is 2. The van der Waals surface area contributed by atoms with Crippen LogP contribution >= 0.6 is 11.8 Å². The van der Waals surface area contributed by atoms with Crippen molar-refractivity contribution in [3.8, 4) is 0 Å². The van der Waals surface area contributed by atoms with Gasteiger partial charge in [-0.2, -0.15) is 17.2 Å². The molecule has 26 heavy (non-hydrogen) atoms. The summed E-state index contributed by atoms with van der Waals surface area (Å²) in [5.41, 5.74) is 1.92. The first kappa shape index (κ1) is 18.8. The number of halogens is 2. The Morgan fingerprint density at radius 2 is 1.50 bits per heavy atom. The van der Waals surface area contributed by atoms with Crippen molar-refractivity contribution >= 4 is 39.2 Å². The molecule has 0 atom stereocenters. The molecule has 138 valence electrons. The van der Waals surface area contributed by atoms with Crippen LogP contribution in [0, 0.1) is 13.8 Å². The molecule has 1 amide bonds. The molecule has 0 bridgehead atoms. The highest BCUT2D eigenvalue weighted by atomic mass is 32.2. The number of amides is 1. The zero-order valence-electron chi connectivity index (χ0n) is 14.1. The molecule has 0 saturated carbocycles. The van der Waals surface area contributed by atoms with Crippen LogP contribution in [0.3, 0.4) is 0 Å². The van der Waals surface area contributed by atoms with Gasteiger partial charge >= 0.3 is 21.3 Å². The van der Waals surface area contributed by atoms with E-state index < -0.39 is 21.3 Å². The number of carbonyl (C=O) groups is 1. The number of hydrogen-bond donors (Lipinski definition) is 0. The predicted octanol–water partition coefficient (Wildman–Crippen LogP) is 4.00. The SMILES string of the molecule is COS(=O)(=O)C(F)(F)C(=O)N1c2cc(C)ccc2Sc2ccc(C)cc21. The standard InChI is InChI=1S/C17H15F2NO4S2/c1-10-4-6-14-12(8-10)20(13-9-11(2)5-7-15(13)25-14)16(21)17(18,19)26(22,23)24-3/h4-9H,1-3H3. The van der Waals surface area contributed by atoms with Crippen molar-refractivity contribution in [2.45, 2.75) is 28.9 Å². The van der Waals surface area contributed by atoms with Crippen molar-refractivity contribution in [2.24, 2.45) is 0 Å². The van der Waals surface area contributed by atoms with Crippen molar-refractivity contribution in [1.82, 2.24) is 0 Å². The van der Waals surface area contributed by atoms with E-state index in [1.165, 1.54) is 11.8 Å². The number of benzene rings is 2. The van der Waals surface area contributed by atoms with Gasteiger partial charge in [-0.25, -0.2) is 0 Å². The maximum Gasteiger partial charge on any atom is 0.447 e. The first-order chi connectivity index (χ1) is 12.1. The molecule has 5 nitrogen and oxygen atoms in total. The Morgan fingerprint density at radius 3 is 1.92 bits per heavy atom. The Bertz CT molecular complexity index is 954. The highest BCUT2D eigenvalue weighted by Crippen LogP contribution is 2.50. The molecule has 1 aliphatic rings. The number of carbonyl (C=O) groups excluding carboxylic acids is 1. The fourth-order valence-electron chi connectivity index (χ4n) is 2.59. The van der Waals surface area contributed by atoms with Gasteiger partial charge in [0.2, 0.25) is 0 Å². The van der Waals surface area contributed by atoms with Crippen LogP contribution in [0.5, 0.6) is 0 Å². The van der Waals surface area contributed by atoms with Gasteiger partial charge in [-0.05, 0) is 49.2 Å². The van der Waals surface area contributed by atoms with Gasteiger partial charge in [0.05, 0.1) is 18.5 Å². The third-order valence-electron chi connectivity index (χ3n) is 3.92. The topological polar surface area (TPSA) is 63.7 Å². The van der Waals surface area contributed by atoms with Crippen molar-refractivity contribution in [2.75, 3.05) is 12.0 Å². The van der Waals surface area contributed by atoms with Crippen LogP contribution in [0.2, 0.25) is 0 Å². The van der Waals surface area contributed by atoms with E-state index in [1.54, 1.807) is 50.2 Å². The molecular formula is C17H15F2NO4S2. The molecule has 0 radical (unpaired) electrons. The predicted molar refractivity (Wildman–Crippen MR) is 94.5 cm³/mol. The average Bonchev–Trinajstić information content (AvgIpc) is 2.59. The first-order valence-corrected chi connectivity index (χ1v) is 9.72. The molecule has 0 N–H and O–H groups in total. The maximum absolute atomic E-state index is 14.5. The molecule has 2 aromatic carbocycles. The van der Waals surface area contributed by atoms with Gasteiger partial charge in [-0.15, -0.1) is 0 Å². The normalized spacial score (nSPS) is 14.0. The lowest BCUT2D eigenvalue weighted by molar-refractivity contribution is -0.132. The van der Waals surface area contributed by atoms with Crippen LogP contribution in [0.15, 0.2) is 46.2 Å². The van der Waals surface area contributed by atoms with E-state index in [2.05, 4.69) is 4.18 Å². The Kier molecular flexibility index (Phi) is 4.58. The lowest BCUT2D eigenvalue weighted by Gasteiger charge is -2.33. The second kappa shape index (κ2) is 6.33. The van der Waals surface area contributed by atoms with Crippen molar-refractivity contribution < 1.29 is 26.2 Å². The van der Waals surface area contributed by atoms with Crippen LogP contribution in [0.4, 0.5) is 20.2 Å². The molecule has 3 rings (SSSR count). The second-order valence-corrected chi connectivity index (χ2v) is 8.66. The summed E-state index contributed by atoms with van der Waals surface area (Å²) < 4.78 is 56.1.